The summed E-state index contributed by atoms with van der Waals surface area (Å²) < 4.78 is 10.6. The Hall–Kier alpha value is -1.55. The van der Waals surface area contributed by atoms with E-state index in [4.69, 9.17) is 9.47 Å². The van der Waals surface area contributed by atoms with Gasteiger partial charge in [-0.2, -0.15) is 0 Å². The lowest BCUT2D eigenvalue weighted by atomic mass is 9.96. The minimum atomic E-state index is -0.0256. The van der Waals surface area contributed by atoms with Gasteiger partial charge in [0.25, 0.3) is 0 Å². The van der Waals surface area contributed by atoms with Gasteiger partial charge in [0.2, 0.25) is 0 Å². The van der Waals surface area contributed by atoms with Gasteiger partial charge in [-0.3, -0.25) is 4.79 Å². The van der Waals surface area contributed by atoms with Gasteiger partial charge in [-0.1, -0.05) is 0 Å². The van der Waals surface area contributed by atoms with Gasteiger partial charge in [-0.15, -0.1) is 0 Å². The van der Waals surface area contributed by atoms with Crippen molar-refractivity contribution in [1.82, 2.24) is 0 Å². The van der Waals surface area contributed by atoms with Crippen LogP contribution in [0.5, 0.6) is 5.75 Å². The molecule has 2 atom stereocenters. The zero-order chi connectivity index (χ0) is 16.1. The van der Waals surface area contributed by atoms with Crippen molar-refractivity contribution in [1.29, 1.82) is 0 Å². The molecule has 0 amide bonds. The normalized spacial score (nSPS) is 21.5. The van der Waals surface area contributed by atoms with Crippen LogP contribution < -0.4 is 9.64 Å². The van der Waals surface area contributed by atoms with E-state index in [0.29, 0.717) is 6.61 Å². The monoisotopic (exact) mass is 306 g/mol. The molecule has 0 spiro atoms. The van der Waals surface area contributed by atoms with Gasteiger partial charge < -0.3 is 14.4 Å². The van der Waals surface area contributed by atoms with Crippen molar-refractivity contribution < 1.29 is 19.2 Å². The summed E-state index contributed by atoms with van der Waals surface area (Å²) in [4.78, 5) is 13.4. The first-order valence-corrected chi connectivity index (χ1v) is 8.19. The van der Waals surface area contributed by atoms with Crippen LogP contribution >= 0.6 is 0 Å². The number of likely N-dealkylation sites (tertiary alicyclic amines) is 1. The Balaban J connectivity index is 2.04. The molecule has 0 radical (unpaired) electrons. The minimum absolute atomic E-state index is 0.0256. The van der Waals surface area contributed by atoms with Crippen LogP contribution in [0.2, 0.25) is 0 Å². The second kappa shape index (κ2) is 7.63. The van der Waals surface area contributed by atoms with Gasteiger partial charge in [0.05, 0.1) is 26.8 Å². The predicted octanol–water partition coefficient (Wildman–Crippen LogP) is 1.67. The van der Waals surface area contributed by atoms with Crippen LogP contribution in [0.25, 0.3) is 0 Å². The Bertz CT molecular complexity index is 527. The third-order valence-corrected chi connectivity index (χ3v) is 4.53. The molecule has 1 aliphatic rings. The summed E-state index contributed by atoms with van der Waals surface area (Å²) in [5.74, 6) is 0.977. The van der Waals surface area contributed by atoms with Crippen LogP contribution in [-0.4, -0.2) is 32.8 Å². The maximum atomic E-state index is 11.9. The number of carbonyl (C=O) groups is 1. The van der Waals surface area contributed by atoms with Crippen LogP contribution in [0.3, 0.4) is 0 Å². The van der Waals surface area contributed by atoms with Crippen molar-refractivity contribution in [2.24, 2.45) is 5.92 Å². The van der Waals surface area contributed by atoms with Crippen LogP contribution in [0.4, 0.5) is 0 Å². The Morgan fingerprint density at radius 2 is 2.09 bits per heavy atom. The average Bonchev–Trinajstić information content (AvgIpc) is 2.51. The number of nitrogens with one attached hydrogen (secondary N) is 1. The smallest absolute Gasteiger partial charge is 0.314 e. The van der Waals surface area contributed by atoms with E-state index in [-0.39, 0.29) is 11.9 Å². The molecule has 0 bridgehead atoms. The van der Waals surface area contributed by atoms with E-state index in [1.807, 2.05) is 6.92 Å². The maximum absolute atomic E-state index is 11.9. The van der Waals surface area contributed by atoms with Crippen molar-refractivity contribution in [3.63, 3.8) is 0 Å². The van der Waals surface area contributed by atoms with E-state index in [1.54, 1.807) is 7.11 Å². The summed E-state index contributed by atoms with van der Waals surface area (Å²) in [6.45, 7) is 9.52. The average molecular weight is 306 g/mol. The lowest BCUT2D eigenvalue weighted by Crippen LogP contribution is -3.12. The molecule has 4 nitrogen and oxygen atoms in total. The fourth-order valence-electron chi connectivity index (χ4n) is 3.30. The molecule has 0 saturated carbocycles. The Kier molecular flexibility index (Phi) is 5.83. The molecule has 1 aromatic rings. The van der Waals surface area contributed by atoms with Gasteiger partial charge >= 0.3 is 5.97 Å². The SMILES string of the molecule is CCOC(=O)[C@H]1CCC[NH+](Cc2cc(C)c(OC)cc2C)C1. The Labute approximate surface area is 133 Å². The molecule has 4 heteroatoms. The molecular weight excluding hydrogens is 278 g/mol. The highest BCUT2D eigenvalue weighted by atomic mass is 16.5. The lowest BCUT2D eigenvalue weighted by molar-refractivity contribution is -0.921. The highest BCUT2D eigenvalue weighted by Crippen LogP contribution is 2.22. The molecule has 22 heavy (non-hydrogen) atoms. The summed E-state index contributed by atoms with van der Waals surface area (Å²) in [5, 5.41) is 0. The molecule has 1 aromatic carbocycles. The second-order valence-corrected chi connectivity index (χ2v) is 6.22. The summed E-state index contributed by atoms with van der Waals surface area (Å²) in [6, 6.07) is 4.33. The number of piperidine rings is 1. The topological polar surface area (TPSA) is 40.0 Å². The predicted molar refractivity (Wildman–Crippen MR) is 86.2 cm³/mol. The Morgan fingerprint density at radius 1 is 1.32 bits per heavy atom. The summed E-state index contributed by atoms with van der Waals surface area (Å²) in [7, 11) is 1.71. The van der Waals surface area contributed by atoms with Gasteiger partial charge in [0.15, 0.2) is 0 Å². The van der Waals surface area contributed by atoms with Crippen LogP contribution in [-0.2, 0) is 16.1 Å². The zero-order valence-corrected chi connectivity index (χ0v) is 14.2. The molecule has 1 heterocycles. The third-order valence-electron chi connectivity index (χ3n) is 4.53. The number of esters is 1. The molecule has 1 unspecified atom stereocenters. The fraction of sp³-hybridized carbons (Fsp3) is 0.611. The first-order valence-electron chi connectivity index (χ1n) is 8.19. The number of aryl methyl sites for hydroxylation is 2. The van der Waals surface area contributed by atoms with Crippen molar-refractivity contribution in [3.8, 4) is 5.75 Å². The molecule has 122 valence electrons. The van der Waals surface area contributed by atoms with E-state index in [1.165, 1.54) is 21.6 Å². The molecular formula is C18H28NO3+. The number of hydrogen-bond acceptors (Lipinski definition) is 3. The number of hydrogen-bond donors (Lipinski definition) is 1. The maximum Gasteiger partial charge on any atom is 0.314 e. The number of carbonyl (C=O) groups excluding carboxylic acids is 1. The molecule has 1 aliphatic heterocycles. The zero-order valence-electron chi connectivity index (χ0n) is 14.2. The number of rotatable bonds is 5. The number of methoxy groups -OCH3 is 1. The summed E-state index contributed by atoms with van der Waals surface area (Å²) >= 11 is 0. The highest BCUT2D eigenvalue weighted by Gasteiger charge is 2.30. The lowest BCUT2D eigenvalue weighted by Gasteiger charge is -2.29. The third kappa shape index (κ3) is 4.01. The van der Waals surface area contributed by atoms with E-state index in [2.05, 4.69) is 26.0 Å². The van der Waals surface area contributed by atoms with Gasteiger partial charge in [-0.25, -0.2) is 0 Å². The number of benzene rings is 1. The van der Waals surface area contributed by atoms with Gasteiger partial charge in [0, 0.05) is 5.56 Å². The summed E-state index contributed by atoms with van der Waals surface area (Å²) in [5.41, 5.74) is 3.77. The molecule has 1 N–H and O–H groups in total. The molecule has 2 rings (SSSR count). The second-order valence-electron chi connectivity index (χ2n) is 6.22. The Morgan fingerprint density at radius 3 is 2.77 bits per heavy atom. The van der Waals surface area contributed by atoms with Crippen molar-refractivity contribution in [3.05, 3.63) is 28.8 Å². The van der Waals surface area contributed by atoms with E-state index >= 15 is 0 Å². The summed E-state index contributed by atoms with van der Waals surface area (Å²) in [6.07, 6.45) is 2.05. The van der Waals surface area contributed by atoms with Crippen molar-refractivity contribution >= 4 is 5.97 Å². The van der Waals surface area contributed by atoms with Crippen molar-refractivity contribution in [2.75, 3.05) is 26.8 Å². The van der Waals surface area contributed by atoms with Crippen LogP contribution in [0.15, 0.2) is 12.1 Å². The van der Waals surface area contributed by atoms with Crippen LogP contribution in [0, 0.1) is 19.8 Å². The number of quaternary nitrogens is 1. The number of ether oxygens (including phenoxy) is 2. The quantitative estimate of drug-likeness (QED) is 0.841. The van der Waals surface area contributed by atoms with Crippen molar-refractivity contribution in [2.45, 2.75) is 40.2 Å². The molecule has 1 saturated heterocycles. The first kappa shape index (κ1) is 16.8. The van der Waals surface area contributed by atoms with Gasteiger partial charge in [-0.05, 0) is 56.9 Å². The molecule has 1 fully saturated rings. The molecule has 0 aromatic heterocycles. The van der Waals surface area contributed by atoms with Gasteiger partial charge in [0.1, 0.15) is 18.2 Å². The van der Waals surface area contributed by atoms with Crippen LogP contribution in [0.1, 0.15) is 36.5 Å². The van der Waals surface area contributed by atoms with E-state index in [9.17, 15) is 4.79 Å². The fourth-order valence-corrected chi connectivity index (χ4v) is 3.30. The van der Waals surface area contributed by atoms with E-state index < -0.39 is 0 Å². The minimum Gasteiger partial charge on any atom is -0.496 e. The largest absolute Gasteiger partial charge is 0.496 e. The first-order chi connectivity index (χ1) is 10.5. The molecule has 0 aliphatic carbocycles. The van der Waals surface area contributed by atoms with E-state index in [0.717, 1.165) is 38.2 Å². The highest BCUT2D eigenvalue weighted by molar-refractivity contribution is 5.72. The standard InChI is InChI=1S/C18H27NO3/c1-5-22-18(20)15-7-6-8-19(11-15)12-16-9-14(3)17(21-4)10-13(16)2/h9-10,15H,5-8,11-12H2,1-4H3/p+1/t15-/m0/s1.